The fourth-order valence-electron chi connectivity index (χ4n) is 7.79. The molecule has 7 aromatic rings. The van der Waals surface area contributed by atoms with E-state index in [1.165, 1.54) is 22.3 Å². The van der Waals surface area contributed by atoms with Crippen LogP contribution in [0.15, 0.2) is 182 Å². The topological polar surface area (TPSA) is 56.9 Å². The molecule has 3 heteroatoms. The molecule has 2 aliphatic rings. The maximum atomic E-state index is 8.61. The van der Waals surface area contributed by atoms with Gasteiger partial charge in [0.2, 0.25) is 0 Å². The normalized spacial score (nSPS) is 13.2. The highest BCUT2D eigenvalue weighted by atomic mass is 16.5. The van der Waals surface area contributed by atoms with Gasteiger partial charge in [-0.3, -0.25) is 0 Å². The lowest BCUT2D eigenvalue weighted by Gasteiger charge is -2.40. The van der Waals surface area contributed by atoms with Gasteiger partial charge in [0.05, 0.1) is 16.8 Å². The molecule has 0 atom stereocenters. The Kier molecular flexibility index (Phi) is 6.99. The quantitative estimate of drug-likeness (QED) is 0.175. The van der Waals surface area contributed by atoms with E-state index in [0.717, 1.165) is 56.0 Å². The van der Waals surface area contributed by atoms with Crippen LogP contribution in [0.25, 0.3) is 33.4 Å². The standard InChI is InChI=1S/C47H32N2O/c48-43(32-12-2-1-3-13-32)28-29-44(49)33-26-24-31(25-27-33)34-14-10-15-35(30-34)36-18-11-22-42-46(36)50-45-23-9-8-21-41(45)47(42)39-19-6-4-16-37(39)38-17-5-7-20-40(38)47/h1-30,48-49H/b29-28-,48-43?,49-44?. The number of para-hydroxylation sites is 2. The lowest BCUT2D eigenvalue weighted by atomic mass is 9.65. The number of rotatable bonds is 6. The van der Waals surface area contributed by atoms with Crippen molar-refractivity contribution in [3.05, 3.63) is 215 Å². The molecule has 0 amide bonds. The van der Waals surface area contributed by atoms with Crippen molar-refractivity contribution in [3.63, 3.8) is 0 Å². The predicted molar refractivity (Wildman–Crippen MR) is 204 cm³/mol. The van der Waals surface area contributed by atoms with E-state index in [9.17, 15) is 0 Å². The number of nitrogens with one attached hydrogen (secondary N) is 2. The lowest BCUT2D eigenvalue weighted by Crippen LogP contribution is -2.32. The summed E-state index contributed by atoms with van der Waals surface area (Å²) in [7, 11) is 0. The molecule has 7 aromatic carbocycles. The van der Waals surface area contributed by atoms with E-state index in [-0.39, 0.29) is 0 Å². The molecule has 0 unspecified atom stereocenters. The molecule has 0 fully saturated rings. The van der Waals surface area contributed by atoms with Gasteiger partial charge in [-0.2, -0.15) is 0 Å². The summed E-state index contributed by atoms with van der Waals surface area (Å²) in [5.74, 6) is 1.76. The monoisotopic (exact) mass is 640 g/mol. The molecule has 0 bridgehead atoms. The molecule has 1 spiro atoms. The average Bonchev–Trinajstić information content (AvgIpc) is 3.48. The summed E-state index contributed by atoms with van der Waals surface area (Å²) < 4.78 is 6.89. The molecule has 1 heterocycles. The molecule has 0 saturated carbocycles. The molecular formula is C47H32N2O. The van der Waals surface area contributed by atoms with Gasteiger partial charge in [-0.1, -0.05) is 158 Å². The highest BCUT2D eigenvalue weighted by molar-refractivity contribution is 6.13. The molecule has 2 N–H and O–H groups in total. The highest BCUT2D eigenvalue weighted by Crippen LogP contribution is 2.63. The van der Waals surface area contributed by atoms with Crippen molar-refractivity contribution in [2.75, 3.05) is 0 Å². The second-order valence-electron chi connectivity index (χ2n) is 12.8. The van der Waals surface area contributed by atoms with E-state index < -0.39 is 5.41 Å². The van der Waals surface area contributed by atoms with Gasteiger partial charge in [0.1, 0.15) is 11.5 Å². The van der Waals surface area contributed by atoms with Crippen molar-refractivity contribution >= 4 is 11.4 Å². The zero-order chi connectivity index (χ0) is 33.7. The van der Waals surface area contributed by atoms with Crippen molar-refractivity contribution < 1.29 is 4.74 Å². The Hall–Kier alpha value is -6.58. The van der Waals surface area contributed by atoms with E-state index in [1.54, 1.807) is 12.2 Å². The first-order valence-corrected chi connectivity index (χ1v) is 16.8. The van der Waals surface area contributed by atoms with Crippen molar-refractivity contribution in [2.24, 2.45) is 0 Å². The molecule has 0 saturated heterocycles. The van der Waals surface area contributed by atoms with Gasteiger partial charge in [-0.25, -0.2) is 0 Å². The number of allylic oxidation sites excluding steroid dienone is 2. The minimum atomic E-state index is -0.501. The number of fused-ring (bicyclic) bond motifs is 9. The van der Waals surface area contributed by atoms with Crippen molar-refractivity contribution in [1.82, 2.24) is 0 Å². The van der Waals surface area contributed by atoms with Crippen LogP contribution in [-0.2, 0) is 5.41 Å². The molecule has 0 aromatic heterocycles. The van der Waals surface area contributed by atoms with Crippen LogP contribution in [0.5, 0.6) is 11.5 Å². The van der Waals surface area contributed by atoms with Crippen LogP contribution in [0.2, 0.25) is 0 Å². The van der Waals surface area contributed by atoms with Crippen LogP contribution in [-0.4, -0.2) is 11.4 Å². The van der Waals surface area contributed by atoms with E-state index >= 15 is 0 Å². The summed E-state index contributed by atoms with van der Waals surface area (Å²) in [6.45, 7) is 0. The van der Waals surface area contributed by atoms with E-state index in [1.807, 2.05) is 42.5 Å². The van der Waals surface area contributed by atoms with Gasteiger partial charge < -0.3 is 15.6 Å². The van der Waals surface area contributed by atoms with E-state index in [4.69, 9.17) is 15.6 Å². The minimum Gasteiger partial charge on any atom is -0.456 e. The molecule has 1 aliphatic heterocycles. The fourth-order valence-corrected chi connectivity index (χ4v) is 7.79. The fraction of sp³-hybridized carbons (Fsp3) is 0.0213. The van der Waals surface area contributed by atoms with Gasteiger partial charge >= 0.3 is 0 Å². The van der Waals surface area contributed by atoms with Crippen LogP contribution in [0.1, 0.15) is 33.4 Å². The van der Waals surface area contributed by atoms with Crippen molar-refractivity contribution in [2.45, 2.75) is 5.41 Å². The molecule has 236 valence electrons. The smallest absolute Gasteiger partial charge is 0.140 e. The predicted octanol–water partition coefficient (Wildman–Crippen LogP) is 11.5. The lowest BCUT2D eigenvalue weighted by molar-refractivity contribution is 0.438. The highest BCUT2D eigenvalue weighted by Gasteiger charge is 2.51. The number of hydrogen-bond acceptors (Lipinski definition) is 3. The summed E-state index contributed by atoms with van der Waals surface area (Å²) >= 11 is 0. The average molecular weight is 641 g/mol. The summed E-state index contributed by atoms with van der Waals surface area (Å²) in [6.07, 6.45) is 3.37. The molecule has 1 aliphatic carbocycles. The Morgan fingerprint density at radius 3 is 1.64 bits per heavy atom. The Labute approximate surface area is 291 Å². The Balaban J connectivity index is 1.10. The van der Waals surface area contributed by atoms with Crippen molar-refractivity contribution in [3.8, 4) is 44.9 Å². The molecular weight excluding hydrogens is 609 g/mol. The molecule has 9 rings (SSSR count). The molecule has 3 nitrogen and oxygen atoms in total. The summed E-state index contributed by atoms with van der Waals surface area (Å²) in [4.78, 5) is 0. The van der Waals surface area contributed by atoms with Gasteiger partial charge in [0.15, 0.2) is 0 Å². The Morgan fingerprint density at radius 2 is 0.940 bits per heavy atom. The third-order valence-electron chi connectivity index (χ3n) is 10.1. The first-order chi connectivity index (χ1) is 24.6. The van der Waals surface area contributed by atoms with Gasteiger partial charge in [0, 0.05) is 16.7 Å². The largest absolute Gasteiger partial charge is 0.456 e. The van der Waals surface area contributed by atoms with Crippen LogP contribution < -0.4 is 4.74 Å². The van der Waals surface area contributed by atoms with Gasteiger partial charge in [-0.05, 0) is 74.4 Å². The van der Waals surface area contributed by atoms with E-state index in [0.29, 0.717) is 11.4 Å². The SMILES string of the molecule is N=C(/C=C\C(=N)c1ccc(-c2cccc(-c3cccc4c3Oc3ccccc3C43c4ccccc4-c4ccccc43)c2)cc1)c1ccccc1. The van der Waals surface area contributed by atoms with Crippen LogP contribution in [0.3, 0.4) is 0 Å². The van der Waals surface area contributed by atoms with Gasteiger partial charge in [-0.15, -0.1) is 0 Å². The molecule has 50 heavy (non-hydrogen) atoms. The minimum absolute atomic E-state index is 0.364. The first kappa shape index (κ1) is 29.6. The third kappa shape index (κ3) is 4.59. The zero-order valence-corrected chi connectivity index (χ0v) is 27.2. The molecule has 0 radical (unpaired) electrons. The summed E-state index contributed by atoms with van der Waals surface area (Å²) in [5.41, 5.74) is 13.5. The Bertz CT molecular complexity index is 2450. The maximum absolute atomic E-state index is 8.61. The number of ether oxygens (including phenoxy) is 1. The third-order valence-corrected chi connectivity index (χ3v) is 10.1. The Morgan fingerprint density at radius 1 is 0.420 bits per heavy atom. The zero-order valence-electron chi connectivity index (χ0n) is 27.2. The van der Waals surface area contributed by atoms with Gasteiger partial charge in [0.25, 0.3) is 0 Å². The van der Waals surface area contributed by atoms with Crippen molar-refractivity contribution in [1.29, 1.82) is 10.8 Å². The van der Waals surface area contributed by atoms with Crippen LogP contribution in [0, 0.1) is 10.8 Å². The van der Waals surface area contributed by atoms with E-state index in [2.05, 4.69) is 127 Å². The first-order valence-electron chi connectivity index (χ1n) is 16.8. The summed E-state index contributed by atoms with van der Waals surface area (Å²) in [6, 6.07) is 58.9. The van der Waals surface area contributed by atoms with Crippen LogP contribution >= 0.6 is 0 Å². The second-order valence-corrected chi connectivity index (χ2v) is 12.8. The number of benzene rings is 7. The maximum Gasteiger partial charge on any atom is 0.140 e. The number of hydrogen-bond donors (Lipinski definition) is 2. The van der Waals surface area contributed by atoms with Crippen LogP contribution in [0.4, 0.5) is 0 Å². The second kappa shape index (κ2) is 11.8. The summed E-state index contributed by atoms with van der Waals surface area (Å²) in [5, 5.41) is 16.9.